The average Bonchev–Trinajstić information content (AvgIpc) is 2.50. The number of nitrogens with zero attached hydrogens (tertiary/aromatic N) is 2. The molecule has 4 nitrogen and oxygen atoms in total. The van der Waals surface area contributed by atoms with Crippen molar-refractivity contribution in [3.63, 3.8) is 0 Å². The normalized spacial score (nSPS) is 15.3. The van der Waals surface area contributed by atoms with Gasteiger partial charge in [-0.2, -0.15) is 0 Å². The first-order valence-corrected chi connectivity index (χ1v) is 6.56. The molecule has 0 amide bonds. The molecule has 4 heteroatoms. The van der Waals surface area contributed by atoms with Crippen LogP contribution in [0.3, 0.4) is 0 Å². The molecule has 0 spiro atoms. The van der Waals surface area contributed by atoms with Crippen molar-refractivity contribution < 1.29 is 4.74 Å². The van der Waals surface area contributed by atoms with Gasteiger partial charge in [-0.25, -0.2) is 4.98 Å². The van der Waals surface area contributed by atoms with Crippen molar-refractivity contribution in [1.82, 2.24) is 10.3 Å². The standard InChI is InChI=1S/C15H17N3O/c1-2-4-13(5-3-1)19-14-6-7-15(17-12-14)18-10-8-16-9-11-18/h1-7,12,16H,8-11H2. The van der Waals surface area contributed by atoms with Gasteiger partial charge in [0.05, 0.1) is 6.20 Å². The molecule has 0 bridgehead atoms. The fourth-order valence-electron chi connectivity index (χ4n) is 2.14. The molecule has 3 rings (SSSR count). The van der Waals surface area contributed by atoms with Gasteiger partial charge in [-0.3, -0.25) is 0 Å². The van der Waals surface area contributed by atoms with Gasteiger partial charge in [0, 0.05) is 26.2 Å². The van der Waals surface area contributed by atoms with E-state index in [1.165, 1.54) is 0 Å². The van der Waals surface area contributed by atoms with Crippen molar-refractivity contribution in [2.24, 2.45) is 0 Å². The summed E-state index contributed by atoms with van der Waals surface area (Å²) in [5, 5.41) is 3.33. The number of para-hydroxylation sites is 1. The highest BCUT2D eigenvalue weighted by Gasteiger charge is 2.11. The van der Waals surface area contributed by atoms with Crippen molar-refractivity contribution in [3.05, 3.63) is 48.7 Å². The van der Waals surface area contributed by atoms with Gasteiger partial charge in [0.2, 0.25) is 0 Å². The molecular weight excluding hydrogens is 238 g/mol. The number of ether oxygens (including phenoxy) is 1. The summed E-state index contributed by atoms with van der Waals surface area (Å²) in [6, 6.07) is 13.7. The topological polar surface area (TPSA) is 37.4 Å². The highest BCUT2D eigenvalue weighted by atomic mass is 16.5. The third kappa shape index (κ3) is 3.03. The first kappa shape index (κ1) is 12.0. The highest BCUT2D eigenvalue weighted by molar-refractivity contribution is 5.42. The van der Waals surface area contributed by atoms with Gasteiger partial charge < -0.3 is 15.0 Å². The van der Waals surface area contributed by atoms with Gasteiger partial charge in [0.25, 0.3) is 0 Å². The fourth-order valence-corrected chi connectivity index (χ4v) is 2.14. The van der Waals surface area contributed by atoms with Crippen molar-refractivity contribution in [1.29, 1.82) is 0 Å². The van der Waals surface area contributed by atoms with E-state index in [9.17, 15) is 0 Å². The Labute approximate surface area is 113 Å². The van der Waals surface area contributed by atoms with E-state index in [1.807, 2.05) is 42.5 Å². The summed E-state index contributed by atoms with van der Waals surface area (Å²) in [5.41, 5.74) is 0. The number of nitrogens with one attached hydrogen (secondary N) is 1. The lowest BCUT2D eigenvalue weighted by Crippen LogP contribution is -2.43. The molecule has 1 fully saturated rings. The Bertz CT molecular complexity index is 507. The molecule has 0 aliphatic carbocycles. The summed E-state index contributed by atoms with van der Waals surface area (Å²) in [7, 11) is 0. The molecule has 1 saturated heterocycles. The van der Waals surface area contributed by atoms with Gasteiger partial charge >= 0.3 is 0 Å². The van der Waals surface area contributed by atoms with E-state index < -0.39 is 0 Å². The largest absolute Gasteiger partial charge is 0.456 e. The minimum atomic E-state index is 0.769. The number of pyridine rings is 1. The van der Waals surface area contributed by atoms with Crippen molar-refractivity contribution in [2.75, 3.05) is 31.1 Å². The molecular formula is C15H17N3O. The number of benzene rings is 1. The van der Waals surface area contributed by atoms with Crippen LogP contribution in [0, 0.1) is 0 Å². The monoisotopic (exact) mass is 255 g/mol. The number of hydrogen-bond donors (Lipinski definition) is 1. The quantitative estimate of drug-likeness (QED) is 0.913. The van der Waals surface area contributed by atoms with Crippen LogP contribution in [-0.4, -0.2) is 31.2 Å². The summed E-state index contributed by atoms with van der Waals surface area (Å²) in [6.45, 7) is 4.05. The van der Waals surface area contributed by atoms with E-state index in [-0.39, 0.29) is 0 Å². The molecule has 2 aromatic rings. The van der Waals surface area contributed by atoms with Crippen LogP contribution in [-0.2, 0) is 0 Å². The van der Waals surface area contributed by atoms with Crippen molar-refractivity contribution in [2.45, 2.75) is 0 Å². The van der Waals surface area contributed by atoms with Crippen molar-refractivity contribution in [3.8, 4) is 11.5 Å². The molecule has 1 N–H and O–H groups in total. The number of piperazine rings is 1. The zero-order valence-corrected chi connectivity index (χ0v) is 10.7. The molecule has 0 unspecified atom stereocenters. The second-order valence-electron chi connectivity index (χ2n) is 4.50. The molecule has 98 valence electrons. The Balaban J connectivity index is 1.68. The number of hydrogen-bond acceptors (Lipinski definition) is 4. The van der Waals surface area contributed by atoms with E-state index in [1.54, 1.807) is 6.20 Å². The molecule has 1 aromatic heterocycles. The predicted octanol–water partition coefficient (Wildman–Crippen LogP) is 2.28. The van der Waals surface area contributed by atoms with Crippen LogP contribution >= 0.6 is 0 Å². The second-order valence-corrected chi connectivity index (χ2v) is 4.50. The summed E-state index contributed by atoms with van der Waals surface area (Å²) < 4.78 is 5.73. The molecule has 0 radical (unpaired) electrons. The SMILES string of the molecule is c1ccc(Oc2ccc(N3CCNCC3)nc2)cc1. The number of aromatic nitrogens is 1. The van der Waals surface area contributed by atoms with E-state index in [0.717, 1.165) is 43.5 Å². The maximum absolute atomic E-state index is 5.73. The molecule has 0 atom stereocenters. The van der Waals surface area contributed by atoms with E-state index >= 15 is 0 Å². The van der Waals surface area contributed by atoms with Crippen LogP contribution in [0.2, 0.25) is 0 Å². The van der Waals surface area contributed by atoms with Crippen LogP contribution < -0.4 is 15.0 Å². The molecule has 1 aliphatic heterocycles. The summed E-state index contributed by atoms with van der Waals surface area (Å²) in [6.07, 6.45) is 1.78. The Morgan fingerprint density at radius 2 is 1.74 bits per heavy atom. The summed E-state index contributed by atoms with van der Waals surface area (Å²) in [4.78, 5) is 6.75. The maximum atomic E-state index is 5.73. The maximum Gasteiger partial charge on any atom is 0.145 e. The molecule has 0 saturated carbocycles. The minimum absolute atomic E-state index is 0.769. The average molecular weight is 255 g/mol. The Morgan fingerprint density at radius 3 is 2.42 bits per heavy atom. The van der Waals surface area contributed by atoms with Crippen molar-refractivity contribution >= 4 is 5.82 Å². The minimum Gasteiger partial charge on any atom is -0.456 e. The van der Waals surface area contributed by atoms with Crippen LogP contribution in [0.5, 0.6) is 11.5 Å². The third-order valence-corrected chi connectivity index (χ3v) is 3.14. The Kier molecular flexibility index (Phi) is 3.61. The van der Waals surface area contributed by atoms with Gasteiger partial charge in [0.1, 0.15) is 17.3 Å². The lowest BCUT2D eigenvalue weighted by atomic mass is 10.3. The van der Waals surface area contributed by atoms with E-state index in [0.29, 0.717) is 0 Å². The lowest BCUT2D eigenvalue weighted by molar-refractivity contribution is 0.480. The van der Waals surface area contributed by atoms with Crippen LogP contribution in [0.1, 0.15) is 0 Å². The predicted molar refractivity (Wildman–Crippen MR) is 75.8 cm³/mol. The summed E-state index contributed by atoms with van der Waals surface area (Å²) in [5.74, 6) is 2.62. The molecule has 19 heavy (non-hydrogen) atoms. The fraction of sp³-hybridized carbons (Fsp3) is 0.267. The molecule has 1 aromatic carbocycles. The zero-order chi connectivity index (χ0) is 12.9. The highest BCUT2D eigenvalue weighted by Crippen LogP contribution is 2.22. The van der Waals surface area contributed by atoms with Crippen LogP contribution in [0.4, 0.5) is 5.82 Å². The molecule has 2 heterocycles. The van der Waals surface area contributed by atoms with E-state index in [2.05, 4.69) is 15.2 Å². The van der Waals surface area contributed by atoms with Gasteiger partial charge in [-0.05, 0) is 24.3 Å². The van der Waals surface area contributed by atoms with Gasteiger partial charge in [0.15, 0.2) is 0 Å². The van der Waals surface area contributed by atoms with Crippen LogP contribution in [0.15, 0.2) is 48.7 Å². The third-order valence-electron chi connectivity index (χ3n) is 3.14. The number of anilines is 1. The van der Waals surface area contributed by atoms with E-state index in [4.69, 9.17) is 4.74 Å². The molecule has 1 aliphatic rings. The second kappa shape index (κ2) is 5.71. The Hall–Kier alpha value is -2.07. The Morgan fingerprint density at radius 1 is 0.947 bits per heavy atom. The zero-order valence-electron chi connectivity index (χ0n) is 10.7. The first-order valence-electron chi connectivity index (χ1n) is 6.56. The van der Waals surface area contributed by atoms with Gasteiger partial charge in [-0.15, -0.1) is 0 Å². The smallest absolute Gasteiger partial charge is 0.145 e. The lowest BCUT2D eigenvalue weighted by Gasteiger charge is -2.28. The summed E-state index contributed by atoms with van der Waals surface area (Å²) >= 11 is 0. The first-order chi connectivity index (χ1) is 9.42. The van der Waals surface area contributed by atoms with Gasteiger partial charge in [-0.1, -0.05) is 18.2 Å². The van der Waals surface area contributed by atoms with Crippen LogP contribution in [0.25, 0.3) is 0 Å². The number of rotatable bonds is 3.